The fourth-order valence-corrected chi connectivity index (χ4v) is 5.11. The van der Waals surface area contributed by atoms with Crippen LogP contribution in [0.5, 0.6) is 5.75 Å². The summed E-state index contributed by atoms with van der Waals surface area (Å²) < 4.78 is 10.7. The van der Waals surface area contributed by atoms with E-state index >= 15 is 0 Å². The molecule has 0 fully saturated rings. The van der Waals surface area contributed by atoms with E-state index in [1.807, 2.05) is 48.0 Å². The average Bonchev–Trinajstić information content (AvgIpc) is 3.27. The number of dihydropyridines is 1. The van der Waals surface area contributed by atoms with Crippen LogP contribution in [0.2, 0.25) is 0 Å². The normalized spacial score (nSPS) is 21.2. The number of ketones is 1. The predicted molar refractivity (Wildman–Crippen MR) is 117 cm³/mol. The Labute approximate surface area is 180 Å². The summed E-state index contributed by atoms with van der Waals surface area (Å²) >= 11 is 1.56. The van der Waals surface area contributed by atoms with Crippen molar-refractivity contribution in [3.8, 4) is 5.75 Å². The van der Waals surface area contributed by atoms with E-state index in [1.54, 1.807) is 25.4 Å². The second kappa shape index (κ2) is 8.48. The summed E-state index contributed by atoms with van der Waals surface area (Å²) in [5, 5.41) is 7.35. The van der Waals surface area contributed by atoms with Crippen molar-refractivity contribution in [2.75, 3.05) is 13.7 Å². The molecule has 2 heterocycles. The second-order valence-electron chi connectivity index (χ2n) is 7.57. The van der Waals surface area contributed by atoms with E-state index in [0.717, 1.165) is 28.3 Å². The Morgan fingerprint density at radius 1 is 1.23 bits per heavy atom. The molecule has 0 radical (unpaired) electrons. The van der Waals surface area contributed by atoms with Crippen LogP contribution in [0.3, 0.4) is 0 Å². The summed E-state index contributed by atoms with van der Waals surface area (Å²) in [5.41, 5.74) is 4.93. The van der Waals surface area contributed by atoms with Gasteiger partial charge in [0, 0.05) is 29.3 Å². The molecule has 0 saturated carbocycles. The van der Waals surface area contributed by atoms with Crippen molar-refractivity contribution in [2.45, 2.75) is 38.5 Å². The number of carbonyl (C=O) groups excluding carboxylic acids is 2. The average molecular weight is 424 g/mol. The molecule has 156 valence electrons. The lowest BCUT2D eigenvalue weighted by atomic mass is 9.72. The van der Waals surface area contributed by atoms with Crippen LogP contribution in [0.15, 0.2) is 63.6 Å². The first kappa shape index (κ1) is 20.4. The molecule has 6 heteroatoms. The minimum atomic E-state index is -0.384. The van der Waals surface area contributed by atoms with E-state index in [2.05, 4.69) is 5.32 Å². The maximum absolute atomic E-state index is 13.4. The van der Waals surface area contributed by atoms with E-state index in [-0.39, 0.29) is 23.6 Å². The number of thiophene rings is 1. The van der Waals surface area contributed by atoms with E-state index in [4.69, 9.17) is 9.47 Å². The van der Waals surface area contributed by atoms with E-state index in [1.165, 1.54) is 0 Å². The van der Waals surface area contributed by atoms with Gasteiger partial charge in [-0.3, -0.25) is 4.79 Å². The molecule has 4 rings (SSSR count). The van der Waals surface area contributed by atoms with Gasteiger partial charge in [-0.15, -0.1) is 0 Å². The van der Waals surface area contributed by atoms with Crippen molar-refractivity contribution < 1.29 is 19.1 Å². The number of nitrogens with one attached hydrogen (secondary N) is 1. The molecule has 5 nitrogen and oxygen atoms in total. The highest BCUT2D eigenvalue weighted by atomic mass is 32.1. The second-order valence-corrected chi connectivity index (χ2v) is 8.35. The Morgan fingerprint density at radius 3 is 2.77 bits per heavy atom. The van der Waals surface area contributed by atoms with Crippen molar-refractivity contribution in [2.24, 2.45) is 0 Å². The molecule has 0 saturated heterocycles. The van der Waals surface area contributed by atoms with Gasteiger partial charge in [0.05, 0.1) is 19.3 Å². The molecule has 1 aromatic heterocycles. The van der Waals surface area contributed by atoms with Gasteiger partial charge in [-0.1, -0.05) is 12.1 Å². The number of Topliss-reactive ketones (excluding diaryl/α,β-unsaturated/α-hetero) is 1. The van der Waals surface area contributed by atoms with Gasteiger partial charge < -0.3 is 14.8 Å². The third-order valence-corrected chi connectivity index (χ3v) is 6.47. The lowest BCUT2D eigenvalue weighted by molar-refractivity contribution is -0.138. The van der Waals surface area contributed by atoms with Crippen LogP contribution in [-0.2, 0) is 14.3 Å². The number of benzene rings is 1. The standard InChI is InChI=1S/C24H25NO4S/c1-4-29-24(27)21-14(2)25-19-11-17(15-6-5-7-18(10-15)28-3)12-20(26)23(19)22(21)16-8-9-30-13-16/h5-10,13,17,22,25H,4,11-12H2,1-3H3. The van der Waals surface area contributed by atoms with Gasteiger partial charge in [0.1, 0.15) is 5.75 Å². The van der Waals surface area contributed by atoms with Crippen molar-refractivity contribution in [1.82, 2.24) is 5.32 Å². The zero-order valence-electron chi connectivity index (χ0n) is 17.4. The maximum Gasteiger partial charge on any atom is 0.336 e. The van der Waals surface area contributed by atoms with Crippen molar-refractivity contribution in [3.63, 3.8) is 0 Å². The van der Waals surface area contributed by atoms with Gasteiger partial charge in [-0.25, -0.2) is 4.79 Å². The summed E-state index contributed by atoms with van der Waals surface area (Å²) in [5.74, 6) is 0.174. The van der Waals surface area contributed by atoms with E-state index < -0.39 is 0 Å². The third-order valence-electron chi connectivity index (χ3n) is 5.76. The van der Waals surface area contributed by atoms with Crippen LogP contribution in [-0.4, -0.2) is 25.5 Å². The van der Waals surface area contributed by atoms with Crippen molar-refractivity contribution in [3.05, 3.63) is 74.8 Å². The molecule has 1 aromatic carbocycles. The van der Waals surface area contributed by atoms with Gasteiger partial charge in [-0.2, -0.15) is 11.3 Å². The topological polar surface area (TPSA) is 64.6 Å². The number of methoxy groups -OCH3 is 1. The van der Waals surface area contributed by atoms with Crippen LogP contribution in [0.25, 0.3) is 0 Å². The van der Waals surface area contributed by atoms with Gasteiger partial charge in [0.2, 0.25) is 0 Å². The molecule has 2 aliphatic rings. The molecule has 1 aliphatic carbocycles. The van der Waals surface area contributed by atoms with Crippen LogP contribution < -0.4 is 10.1 Å². The molecule has 0 bridgehead atoms. The van der Waals surface area contributed by atoms with Crippen LogP contribution in [0.4, 0.5) is 0 Å². The lowest BCUT2D eigenvalue weighted by Crippen LogP contribution is -2.36. The minimum absolute atomic E-state index is 0.0684. The third kappa shape index (κ3) is 3.67. The van der Waals surface area contributed by atoms with Gasteiger partial charge in [0.15, 0.2) is 5.78 Å². The SMILES string of the molecule is CCOC(=O)C1=C(C)NC2=C(C(=O)CC(c3cccc(OC)c3)C2)C1c1ccsc1. The van der Waals surface area contributed by atoms with Crippen molar-refractivity contribution in [1.29, 1.82) is 0 Å². The number of ether oxygens (including phenoxy) is 2. The number of hydrogen-bond donors (Lipinski definition) is 1. The largest absolute Gasteiger partial charge is 0.497 e. The first-order valence-electron chi connectivity index (χ1n) is 10.1. The van der Waals surface area contributed by atoms with E-state index in [9.17, 15) is 9.59 Å². The number of carbonyl (C=O) groups is 2. The van der Waals surface area contributed by atoms with Crippen LogP contribution in [0.1, 0.15) is 49.7 Å². The van der Waals surface area contributed by atoms with E-state index in [0.29, 0.717) is 30.6 Å². The summed E-state index contributed by atoms with van der Waals surface area (Å²) in [7, 11) is 1.64. The summed E-state index contributed by atoms with van der Waals surface area (Å²) in [6.45, 7) is 3.97. The fraction of sp³-hybridized carbons (Fsp3) is 0.333. The van der Waals surface area contributed by atoms with Gasteiger partial charge >= 0.3 is 5.97 Å². The molecule has 1 N–H and O–H groups in total. The molecule has 30 heavy (non-hydrogen) atoms. The van der Waals surface area contributed by atoms with Gasteiger partial charge in [0.25, 0.3) is 0 Å². The molecule has 0 spiro atoms. The Kier molecular flexibility index (Phi) is 5.77. The number of rotatable bonds is 5. The molecule has 2 aromatic rings. The van der Waals surface area contributed by atoms with Crippen LogP contribution >= 0.6 is 11.3 Å². The zero-order chi connectivity index (χ0) is 21.3. The fourth-order valence-electron chi connectivity index (χ4n) is 4.42. The highest BCUT2D eigenvalue weighted by molar-refractivity contribution is 7.08. The Bertz CT molecular complexity index is 1040. The highest BCUT2D eigenvalue weighted by Gasteiger charge is 2.41. The quantitative estimate of drug-likeness (QED) is 0.708. The monoisotopic (exact) mass is 423 g/mol. The molecule has 1 aliphatic heterocycles. The molecular weight excluding hydrogens is 398 g/mol. The first-order chi connectivity index (χ1) is 14.5. The molecule has 2 unspecified atom stereocenters. The zero-order valence-corrected chi connectivity index (χ0v) is 18.2. The molecule has 2 atom stereocenters. The van der Waals surface area contributed by atoms with Crippen molar-refractivity contribution >= 4 is 23.1 Å². The lowest BCUT2D eigenvalue weighted by Gasteiger charge is -2.36. The Balaban J connectivity index is 1.75. The predicted octanol–water partition coefficient (Wildman–Crippen LogP) is 4.68. The highest BCUT2D eigenvalue weighted by Crippen LogP contribution is 2.46. The molecular formula is C24H25NO4S. The summed E-state index contributed by atoms with van der Waals surface area (Å²) in [6.07, 6.45) is 1.12. The number of allylic oxidation sites excluding steroid dienone is 3. The Hall–Kier alpha value is -2.86. The molecule has 0 amide bonds. The maximum atomic E-state index is 13.4. The number of hydrogen-bond acceptors (Lipinski definition) is 6. The van der Waals surface area contributed by atoms with Crippen LogP contribution in [0, 0.1) is 0 Å². The van der Waals surface area contributed by atoms with Gasteiger partial charge in [-0.05, 0) is 66.3 Å². The first-order valence-corrected chi connectivity index (χ1v) is 11.0. The minimum Gasteiger partial charge on any atom is -0.497 e. The summed E-state index contributed by atoms with van der Waals surface area (Å²) in [4.78, 5) is 26.2. The summed E-state index contributed by atoms with van der Waals surface area (Å²) in [6, 6.07) is 9.88. The Morgan fingerprint density at radius 2 is 2.07 bits per heavy atom. The number of esters is 1. The smallest absolute Gasteiger partial charge is 0.336 e.